The Balaban J connectivity index is 1.99. The second kappa shape index (κ2) is 4.61. The minimum Gasteiger partial charge on any atom is -0.480 e. The van der Waals surface area contributed by atoms with Crippen LogP contribution < -0.4 is 5.32 Å². The lowest BCUT2D eigenvalue weighted by atomic mass is 10.3. The van der Waals surface area contributed by atoms with Gasteiger partial charge >= 0.3 is 5.97 Å². The molecule has 1 fully saturated rings. The molecule has 1 saturated carbocycles. The first-order chi connectivity index (χ1) is 8.11. The van der Waals surface area contributed by atoms with E-state index in [0.29, 0.717) is 11.6 Å². The van der Waals surface area contributed by atoms with Crippen molar-refractivity contribution in [3.05, 3.63) is 24.0 Å². The first-order valence-electron chi connectivity index (χ1n) is 5.79. The van der Waals surface area contributed by atoms with Crippen LogP contribution in [-0.4, -0.2) is 27.6 Å². The summed E-state index contributed by atoms with van der Waals surface area (Å²) in [6.07, 6.45) is 3.70. The third-order valence-electron chi connectivity index (χ3n) is 3.13. The van der Waals surface area contributed by atoms with E-state index < -0.39 is 5.97 Å². The number of aromatic nitrogens is 1. The number of nitrogens with one attached hydrogen (secondary N) is 1. The Hall–Kier alpha value is -1.78. The first kappa shape index (κ1) is 11.7. The fraction of sp³-hybridized carbons (Fsp3) is 0.500. The monoisotopic (exact) mass is 236 g/mol. The topological polar surface area (TPSA) is 71.3 Å². The molecule has 1 aliphatic carbocycles. The summed E-state index contributed by atoms with van der Waals surface area (Å²) in [4.78, 5) is 22.5. The predicted octanol–water partition coefficient (Wildman–Crippen LogP) is 1.10. The highest BCUT2D eigenvalue weighted by atomic mass is 16.4. The minimum absolute atomic E-state index is 0.183. The molecule has 5 heteroatoms. The van der Waals surface area contributed by atoms with E-state index in [4.69, 9.17) is 5.11 Å². The Morgan fingerprint density at radius 1 is 1.59 bits per heavy atom. The van der Waals surface area contributed by atoms with Crippen molar-refractivity contribution in [1.82, 2.24) is 9.88 Å². The molecule has 1 aliphatic rings. The van der Waals surface area contributed by atoms with Gasteiger partial charge in [0.15, 0.2) is 0 Å². The zero-order valence-corrected chi connectivity index (χ0v) is 9.72. The highest BCUT2D eigenvalue weighted by Gasteiger charge is 2.36. The second-order valence-electron chi connectivity index (χ2n) is 4.40. The summed E-state index contributed by atoms with van der Waals surface area (Å²) in [7, 11) is 0. The number of carbonyl (C=O) groups excluding carboxylic acids is 1. The van der Waals surface area contributed by atoms with Crippen molar-refractivity contribution in [3.8, 4) is 0 Å². The lowest BCUT2D eigenvalue weighted by Gasteiger charge is -2.07. The molecule has 1 heterocycles. The fourth-order valence-corrected chi connectivity index (χ4v) is 2.02. The summed E-state index contributed by atoms with van der Waals surface area (Å²) in [6.45, 7) is 1.92. The van der Waals surface area contributed by atoms with Gasteiger partial charge in [-0.15, -0.1) is 0 Å². The van der Waals surface area contributed by atoms with Gasteiger partial charge in [-0.2, -0.15) is 0 Å². The van der Waals surface area contributed by atoms with Crippen LogP contribution in [0.15, 0.2) is 18.3 Å². The highest BCUT2D eigenvalue weighted by molar-refractivity contribution is 5.93. The molecule has 1 aromatic rings. The first-order valence-corrected chi connectivity index (χ1v) is 5.79. The molecule has 0 spiro atoms. The van der Waals surface area contributed by atoms with E-state index in [2.05, 4.69) is 12.2 Å². The number of nitrogens with zero attached hydrogens (tertiary/aromatic N) is 1. The van der Waals surface area contributed by atoms with Crippen molar-refractivity contribution in [2.75, 3.05) is 0 Å². The fourth-order valence-electron chi connectivity index (χ4n) is 2.02. The van der Waals surface area contributed by atoms with Crippen molar-refractivity contribution in [1.29, 1.82) is 0 Å². The summed E-state index contributed by atoms with van der Waals surface area (Å²) in [5, 5.41) is 11.6. The summed E-state index contributed by atoms with van der Waals surface area (Å²) in [5.41, 5.74) is 0.411. The molecule has 17 heavy (non-hydrogen) atoms. The third-order valence-corrected chi connectivity index (χ3v) is 3.13. The van der Waals surface area contributed by atoms with E-state index >= 15 is 0 Å². The molecular weight excluding hydrogens is 220 g/mol. The Morgan fingerprint density at radius 2 is 2.35 bits per heavy atom. The molecule has 0 radical (unpaired) electrons. The van der Waals surface area contributed by atoms with Gasteiger partial charge < -0.3 is 15.0 Å². The molecule has 1 aromatic heterocycles. The van der Waals surface area contributed by atoms with Gasteiger partial charge in [-0.25, -0.2) is 0 Å². The van der Waals surface area contributed by atoms with E-state index in [1.54, 1.807) is 18.3 Å². The minimum atomic E-state index is -0.951. The van der Waals surface area contributed by atoms with Gasteiger partial charge in [0.25, 0.3) is 5.91 Å². The number of carbonyl (C=O) groups is 2. The highest BCUT2D eigenvalue weighted by Crippen LogP contribution is 2.33. The molecule has 0 aliphatic heterocycles. The Bertz CT molecular complexity index is 439. The molecule has 2 N–H and O–H groups in total. The molecule has 5 nitrogen and oxygen atoms in total. The molecule has 0 saturated heterocycles. The van der Waals surface area contributed by atoms with Crippen LogP contribution in [0.25, 0.3) is 0 Å². The van der Waals surface area contributed by atoms with Gasteiger partial charge in [-0.05, 0) is 24.5 Å². The molecule has 2 atom stereocenters. The number of hydrogen-bond donors (Lipinski definition) is 2. The van der Waals surface area contributed by atoms with E-state index in [1.165, 1.54) is 4.57 Å². The Kier molecular flexibility index (Phi) is 3.17. The zero-order chi connectivity index (χ0) is 12.4. The van der Waals surface area contributed by atoms with Gasteiger partial charge in [0.1, 0.15) is 12.2 Å². The van der Waals surface area contributed by atoms with E-state index in [1.807, 2.05) is 0 Å². The average Bonchev–Trinajstić information content (AvgIpc) is 2.85. The molecule has 2 rings (SSSR count). The standard InChI is InChI=1S/C12H16N2O3/c1-2-8-6-9(8)13-12(17)10-4-3-5-14(10)7-11(15)16/h3-5,8-9H,2,6-7H2,1H3,(H,13,17)(H,15,16). The average molecular weight is 236 g/mol. The van der Waals surface area contributed by atoms with Crippen molar-refractivity contribution >= 4 is 11.9 Å². The van der Waals surface area contributed by atoms with Gasteiger partial charge in [0.2, 0.25) is 0 Å². The quantitative estimate of drug-likeness (QED) is 0.804. The number of rotatable bonds is 5. The largest absolute Gasteiger partial charge is 0.480 e. The van der Waals surface area contributed by atoms with Crippen LogP contribution in [0.4, 0.5) is 0 Å². The van der Waals surface area contributed by atoms with Crippen LogP contribution in [-0.2, 0) is 11.3 Å². The maximum Gasteiger partial charge on any atom is 0.323 e. The second-order valence-corrected chi connectivity index (χ2v) is 4.40. The van der Waals surface area contributed by atoms with Crippen LogP contribution >= 0.6 is 0 Å². The number of amides is 1. The smallest absolute Gasteiger partial charge is 0.323 e. The molecule has 1 amide bonds. The van der Waals surface area contributed by atoms with Gasteiger partial charge in [-0.1, -0.05) is 13.3 Å². The number of carboxylic acid groups (broad SMARTS) is 1. The van der Waals surface area contributed by atoms with Crippen molar-refractivity contribution in [3.63, 3.8) is 0 Å². The number of aliphatic carboxylic acids is 1. The predicted molar refractivity (Wildman–Crippen MR) is 61.7 cm³/mol. The molecule has 2 unspecified atom stereocenters. The molecule has 0 aromatic carbocycles. The summed E-state index contributed by atoms with van der Waals surface area (Å²) in [5.74, 6) is -0.549. The third kappa shape index (κ3) is 2.67. The molecule has 92 valence electrons. The Morgan fingerprint density at radius 3 is 2.94 bits per heavy atom. The van der Waals surface area contributed by atoms with Crippen LogP contribution in [0.3, 0.4) is 0 Å². The lowest BCUT2D eigenvalue weighted by Crippen LogP contribution is -2.29. The van der Waals surface area contributed by atoms with Crippen LogP contribution in [0, 0.1) is 5.92 Å². The maximum absolute atomic E-state index is 11.9. The Labute approximate surface area is 99.4 Å². The van der Waals surface area contributed by atoms with E-state index in [9.17, 15) is 9.59 Å². The zero-order valence-electron chi connectivity index (χ0n) is 9.72. The maximum atomic E-state index is 11.9. The van der Waals surface area contributed by atoms with Crippen LogP contribution in [0.1, 0.15) is 30.3 Å². The van der Waals surface area contributed by atoms with Crippen molar-refractivity contribution in [2.24, 2.45) is 5.92 Å². The van der Waals surface area contributed by atoms with Crippen molar-refractivity contribution < 1.29 is 14.7 Å². The van der Waals surface area contributed by atoms with Crippen LogP contribution in [0.5, 0.6) is 0 Å². The molecular formula is C12H16N2O3. The van der Waals surface area contributed by atoms with Gasteiger partial charge in [-0.3, -0.25) is 9.59 Å². The number of carboxylic acids is 1. The lowest BCUT2D eigenvalue weighted by molar-refractivity contribution is -0.137. The summed E-state index contributed by atoms with van der Waals surface area (Å²) >= 11 is 0. The molecule has 0 bridgehead atoms. The normalized spacial score (nSPS) is 22.2. The van der Waals surface area contributed by atoms with E-state index in [0.717, 1.165) is 12.8 Å². The summed E-state index contributed by atoms with van der Waals surface area (Å²) < 4.78 is 1.45. The van der Waals surface area contributed by atoms with E-state index in [-0.39, 0.29) is 18.5 Å². The SMILES string of the molecule is CCC1CC1NC(=O)c1cccn1CC(=O)O. The summed E-state index contributed by atoms with van der Waals surface area (Å²) in [6, 6.07) is 3.59. The van der Waals surface area contributed by atoms with Gasteiger partial charge in [0, 0.05) is 12.2 Å². The number of hydrogen-bond acceptors (Lipinski definition) is 2. The van der Waals surface area contributed by atoms with Crippen LogP contribution in [0.2, 0.25) is 0 Å². The van der Waals surface area contributed by atoms with Gasteiger partial charge in [0.05, 0.1) is 0 Å². The van der Waals surface area contributed by atoms with Crippen molar-refractivity contribution in [2.45, 2.75) is 32.4 Å².